The minimum absolute atomic E-state index is 0.317. The van der Waals surface area contributed by atoms with Gasteiger partial charge in [-0.25, -0.2) is 0 Å². The highest BCUT2D eigenvalue weighted by Crippen LogP contribution is 2.42. The van der Waals surface area contributed by atoms with Crippen LogP contribution in [-0.2, 0) is 17.1 Å². The van der Waals surface area contributed by atoms with Gasteiger partial charge < -0.3 is 4.90 Å². The highest BCUT2D eigenvalue weighted by molar-refractivity contribution is 5.92. The van der Waals surface area contributed by atoms with Crippen LogP contribution < -0.4 is 0 Å². The lowest BCUT2D eigenvalue weighted by atomic mass is 9.99. The van der Waals surface area contributed by atoms with Crippen molar-refractivity contribution in [1.82, 2.24) is 4.90 Å². The Bertz CT molecular complexity index is 672. The lowest BCUT2D eigenvalue weighted by molar-refractivity contribution is -0.162. The molecule has 0 saturated heterocycles. The van der Waals surface area contributed by atoms with Gasteiger partial charge in [0.05, 0.1) is 11.1 Å². The number of hydrogen-bond acceptors (Lipinski definition) is 1. The molecule has 24 heavy (non-hydrogen) atoms. The van der Waals surface area contributed by atoms with Gasteiger partial charge in [0.1, 0.15) is 0 Å². The molecule has 1 aliphatic rings. The third-order valence-corrected chi connectivity index (χ3v) is 3.46. The van der Waals surface area contributed by atoms with Crippen LogP contribution in [0, 0.1) is 0 Å². The molecule has 1 aliphatic heterocycles. The van der Waals surface area contributed by atoms with Gasteiger partial charge in [-0.1, -0.05) is 24.3 Å². The van der Waals surface area contributed by atoms with Crippen LogP contribution >= 0.6 is 0 Å². The topological polar surface area (TPSA) is 20.3 Å². The third-order valence-electron chi connectivity index (χ3n) is 3.46. The van der Waals surface area contributed by atoms with Crippen LogP contribution in [0.15, 0.2) is 36.4 Å². The molecule has 1 aromatic rings. The average molecular weight is 349 g/mol. The molecular weight excluding hydrogens is 336 g/mol. The van der Waals surface area contributed by atoms with E-state index < -0.39 is 35.0 Å². The highest BCUT2D eigenvalue weighted by atomic mass is 19.4. The molecule has 0 fully saturated rings. The Kier molecular flexibility index (Phi) is 5.05. The van der Waals surface area contributed by atoms with Crippen LogP contribution in [0.4, 0.5) is 26.3 Å². The number of hydrogen-bond donors (Lipinski definition) is 0. The van der Waals surface area contributed by atoms with Crippen LogP contribution in [0.25, 0.3) is 6.08 Å². The fourth-order valence-corrected chi connectivity index (χ4v) is 2.37. The van der Waals surface area contributed by atoms with Crippen molar-refractivity contribution in [2.45, 2.75) is 18.8 Å². The van der Waals surface area contributed by atoms with Crippen molar-refractivity contribution in [3.63, 3.8) is 0 Å². The first kappa shape index (κ1) is 18.1. The quantitative estimate of drug-likeness (QED) is 0.437. The molecule has 1 aromatic carbocycles. The molecule has 0 aromatic heterocycles. The van der Waals surface area contributed by atoms with E-state index in [9.17, 15) is 31.1 Å². The Morgan fingerprint density at radius 3 is 2.29 bits per heavy atom. The van der Waals surface area contributed by atoms with Crippen molar-refractivity contribution in [3.8, 4) is 0 Å². The molecule has 2 rings (SSSR count). The minimum Gasteiger partial charge on any atom is -0.335 e. The monoisotopic (exact) mass is 349 g/mol. The van der Waals surface area contributed by atoms with Crippen LogP contribution in [0.5, 0.6) is 0 Å². The van der Waals surface area contributed by atoms with E-state index in [4.69, 9.17) is 0 Å². The summed E-state index contributed by atoms with van der Waals surface area (Å²) in [4.78, 5) is 13.3. The second-order valence-electron chi connectivity index (χ2n) is 5.14. The Labute approximate surface area is 134 Å². The van der Waals surface area contributed by atoms with E-state index in [0.717, 1.165) is 24.3 Å². The van der Waals surface area contributed by atoms with Crippen LogP contribution in [0.1, 0.15) is 23.1 Å². The zero-order chi connectivity index (χ0) is 18.0. The van der Waals surface area contributed by atoms with Gasteiger partial charge >= 0.3 is 12.4 Å². The van der Waals surface area contributed by atoms with E-state index >= 15 is 0 Å². The first-order valence-corrected chi connectivity index (χ1v) is 7.00. The molecule has 0 spiro atoms. The normalized spacial score (nSPS) is 16.0. The van der Waals surface area contributed by atoms with Crippen molar-refractivity contribution in [2.75, 3.05) is 13.1 Å². The summed E-state index contributed by atoms with van der Waals surface area (Å²) in [5.74, 6) is -0.551. The number of alkyl halides is 6. The number of carbonyl (C=O) groups excluding carboxylic acids is 1. The molecule has 1 amide bonds. The number of amides is 1. The molecule has 8 heteroatoms. The van der Waals surface area contributed by atoms with E-state index in [1.807, 2.05) is 6.08 Å². The molecule has 130 valence electrons. The van der Waals surface area contributed by atoms with Crippen molar-refractivity contribution in [3.05, 3.63) is 53.1 Å². The van der Waals surface area contributed by atoms with Gasteiger partial charge in [-0.3, -0.25) is 4.79 Å². The van der Waals surface area contributed by atoms with Crippen molar-refractivity contribution in [1.29, 1.82) is 0 Å². The summed E-state index contributed by atoms with van der Waals surface area (Å²) in [5, 5.41) is 0. The van der Waals surface area contributed by atoms with Crippen LogP contribution in [-0.4, -0.2) is 23.9 Å². The maximum atomic E-state index is 13.1. The van der Waals surface area contributed by atoms with Crippen molar-refractivity contribution >= 4 is 12.0 Å². The Balaban J connectivity index is 2.38. The lowest BCUT2D eigenvalue weighted by Gasteiger charge is -2.22. The zero-order valence-electron chi connectivity index (χ0n) is 12.3. The minimum atomic E-state index is -5.19. The fraction of sp³-hybridized carbons (Fsp3) is 0.312. The molecule has 0 radical (unpaired) electrons. The highest BCUT2D eigenvalue weighted by Gasteiger charge is 2.44. The van der Waals surface area contributed by atoms with Gasteiger partial charge in [-0.05, 0) is 24.1 Å². The second-order valence-corrected chi connectivity index (χ2v) is 5.14. The zero-order valence-corrected chi connectivity index (χ0v) is 12.3. The van der Waals surface area contributed by atoms with Crippen LogP contribution in [0.3, 0.4) is 0 Å². The summed E-state index contributed by atoms with van der Waals surface area (Å²) in [7, 11) is 0. The van der Waals surface area contributed by atoms with Crippen molar-refractivity contribution in [2.24, 2.45) is 0 Å². The third kappa shape index (κ3) is 4.18. The molecule has 0 atom stereocenters. The van der Waals surface area contributed by atoms with Gasteiger partial charge in [0, 0.05) is 19.2 Å². The Morgan fingerprint density at radius 1 is 1.04 bits per heavy atom. The fourth-order valence-electron chi connectivity index (χ4n) is 2.37. The number of rotatable bonds is 2. The average Bonchev–Trinajstić information content (AvgIpc) is 2.51. The first-order chi connectivity index (χ1) is 11.1. The van der Waals surface area contributed by atoms with E-state index in [1.165, 1.54) is 4.90 Å². The molecule has 0 saturated carbocycles. The van der Waals surface area contributed by atoms with Gasteiger partial charge in [-0.2, -0.15) is 26.3 Å². The smallest absolute Gasteiger partial charge is 0.335 e. The standard InChI is InChI=1S/C16H13F6NO/c17-15(18,19)12-6-4-5-11(14(12)16(20,21)22)7-8-13(24)23-9-2-1-3-10-23/h1-2,4-8H,3,9-10H2. The predicted molar refractivity (Wildman–Crippen MR) is 75.8 cm³/mol. The summed E-state index contributed by atoms with van der Waals surface area (Å²) in [6.45, 7) is 0.728. The lowest BCUT2D eigenvalue weighted by Crippen LogP contribution is -2.32. The molecule has 1 heterocycles. The maximum absolute atomic E-state index is 13.1. The number of benzene rings is 1. The van der Waals surface area contributed by atoms with Gasteiger partial charge in [-0.15, -0.1) is 0 Å². The molecule has 0 bridgehead atoms. The predicted octanol–water partition coefficient (Wildman–Crippen LogP) is 4.53. The molecule has 0 unspecified atom stereocenters. The summed E-state index contributed by atoms with van der Waals surface area (Å²) in [5.41, 5.74) is -4.26. The van der Waals surface area contributed by atoms with Gasteiger partial charge in [0.25, 0.3) is 0 Å². The summed E-state index contributed by atoms with van der Waals surface area (Å²) >= 11 is 0. The first-order valence-electron chi connectivity index (χ1n) is 7.00. The van der Waals surface area contributed by atoms with Gasteiger partial charge in [0.15, 0.2) is 0 Å². The SMILES string of the molecule is O=C(C=Cc1cccc(C(F)(F)F)c1C(F)(F)F)N1CC=CCC1. The van der Waals surface area contributed by atoms with E-state index in [0.29, 0.717) is 25.6 Å². The maximum Gasteiger partial charge on any atom is 0.417 e. The molecule has 0 N–H and O–H groups in total. The second kappa shape index (κ2) is 6.70. The number of nitrogens with zero attached hydrogens (tertiary/aromatic N) is 1. The summed E-state index contributed by atoms with van der Waals surface area (Å²) < 4.78 is 77.8. The molecule has 0 aliphatic carbocycles. The van der Waals surface area contributed by atoms with E-state index in [-0.39, 0.29) is 0 Å². The van der Waals surface area contributed by atoms with Crippen LogP contribution in [0.2, 0.25) is 0 Å². The van der Waals surface area contributed by atoms with E-state index in [2.05, 4.69) is 0 Å². The van der Waals surface area contributed by atoms with E-state index in [1.54, 1.807) is 6.08 Å². The summed E-state index contributed by atoms with van der Waals surface area (Å²) in [6, 6.07) is 2.15. The van der Waals surface area contributed by atoms with Gasteiger partial charge in [0.2, 0.25) is 5.91 Å². The number of carbonyl (C=O) groups is 1. The Hall–Kier alpha value is -2.25. The Morgan fingerprint density at radius 2 is 1.75 bits per heavy atom. The van der Waals surface area contributed by atoms with Crippen molar-refractivity contribution < 1.29 is 31.1 Å². The number of halogens is 6. The summed E-state index contributed by atoms with van der Waals surface area (Å²) in [6.07, 6.45) is -4.47. The molecule has 2 nitrogen and oxygen atoms in total. The largest absolute Gasteiger partial charge is 0.417 e. The molecular formula is C16H13F6NO.